The highest BCUT2D eigenvalue weighted by Gasteiger charge is 2.15. The van der Waals surface area contributed by atoms with Crippen molar-refractivity contribution in [1.29, 1.82) is 0 Å². The molecule has 1 aromatic heterocycles. The third kappa shape index (κ3) is 1.52. The number of hydrogen-bond acceptors (Lipinski definition) is 2. The van der Waals surface area contributed by atoms with Crippen LogP contribution in [0.4, 0.5) is 0 Å². The summed E-state index contributed by atoms with van der Waals surface area (Å²) < 4.78 is 4.69. The molecule has 10 heavy (non-hydrogen) atoms. The quantitative estimate of drug-likeness (QED) is 0.515. The zero-order chi connectivity index (χ0) is 7.56. The SMILES string of the molecule is O=C(Cl)C(Cl)c1ccoc1. The van der Waals surface area contributed by atoms with E-state index in [-0.39, 0.29) is 0 Å². The minimum Gasteiger partial charge on any atom is -0.472 e. The van der Waals surface area contributed by atoms with Crippen LogP contribution in [0.1, 0.15) is 10.9 Å². The average Bonchev–Trinajstić information content (AvgIpc) is 2.36. The van der Waals surface area contributed by atoms with Crippen molar-refractivity contribution in [3.05, 3.63) is 24.2 Å². The van der Waals surface area contributed by atoms with Crippen molar-refractivity contribution in [2.75, 3.05) is 0 Å². The molecule has 54 valence electrons. The minimum absolute atomic E-state index is 0.585. The maximum atomic E-state index is 10.4. The number of hydrogen-bond donors (Lipinski definition) is 0. The van der Waals surface area contributed by atoms with Gasteiger partial charge in [-0.1, -0.05) is 0 Å². The smallest absolute Gasteiger partial charge is 0.244 e. The van der Waals surface area contributed by atoms with Gasteiger partial charge < -0.3 is 4.42 Å². The van der Waals surface area contributed by atoms with Crippen LogP contribution in [-0.2, 0) is 4.79 Å². The average molecular weight is 179 g/mol. The van der Waals surface area contributed by atoms with E-state index in [0.717, 1.165) is 0 Å². The van der Waals surface area contributed by atoms with Crippen molar-refractivity contribution < 1.29 is 9.21 Å². The largest absolute Gasteiger partial charge is 0.472 e. The Bertz CT molecular complexity index is 218. The topological polar surface area (TPSA) is 30.2 Å². The first kappa shape index (κ1) is 7.63. The molecule has 1 unspecified atom stereocenters. The molecule has 1 rings (SSSR count). The van der Waals surface area contributed by atoms with Crippen LogP contribution in [0.15, 0.2) is 23.0 Å². The number of carbonyl (C=O) groups excluding carboxylic acids is 1. The van der Waals surface area contributed by atoms with E-state index in [1.54, 1.807) is 6.07 Å². The Balaban J connectivity index is 2.77. The summed E-state index contributed by atoms with van der Waals surface area (Å²) in [5.74, 6) is 0. The predicted molar refractivity (Wildman–Crippen MR) is 38.2 cm³/mol. The van der Waals surface area contributed by atoms with Crippen LogP contribution in [0.5, 0.6) is 0 Å². The summed E-state index contributed by atoms with van der Waals surface area (Å²) >= 11 is 10.6. The van der Waals surface area contributed by atoms with Gasteiger partial charge in [-0.3, -0.25) is 4.79 Å². The molecule has 1 aromatic rings. The Morgan fingerprint density at radius 2 is 2.40 bits per heavy atom. The summed E-state index contributed by atoms with van der Waals surface area (Å²) in [5.41, 5.74) is 0.585. The van der Waals surface area contributed by atoms with Gasteiger partial charge in [0.05, 0.1) is 12.5 Å². The van der Waals surface area contributed by atoms with E-state index in [1.807, 2.05) is 0 Å². The molecule has 0 aliphatic rings. The van der Waals surface area contributed by atoms with Crippen LogP contribution in [-0.4, -0.2) is 5.24 Å². The van der Waals surface area contributed by atoms with Crippen molar-refractivity contribution >= 4 is 28.4 Å². The Hall–Kier alpha value is -0.470. The zero-order valence-corrected chi connectivity index (χ0v) is 6.39. The van der Waals surface area contributed by atoms with E-state index < -0.39 is 10.6 Å². The van der Waals surface area contributed by atoms with Gasteiger partial charge in [0.2, 0.25) is 5.24 Å². The van der Waals surface area contributed by atoms with Crippen molar-refractivity contribution in [3.63, 3.8) is 0 Å². The zero-order valence-electron chi connectivity index (χ0n) is 4.88. The van der Waals surface area contributed by atoms with Crippen LogP contribution in [0.2, 0.25) is 0 Å². The van der Waals surface area contributed by atoms with Gasteiger partial charge >= 0.3 is 0 Å². The van der Waals surface area contributed by atoms with Crippen molar-refractivity contribution in [1.82, 2.24) is 0 Å². The van der Waals surface area contributed by atoms with Crippen LogP contribution < -0.4 is 0 Å². The van der Waals surface area contributed by atoms with Crippen molar-refractivity contribution in [2.24, 2.45) is 0 Å². The van der Waals surface area contributed by atoms with Crippen LogP contribution in [0.3, 0.4) is 0 Å². The molecule has 0 saturated carbocycles. The van der Waals surface area contributed by atoms with E-state index in [9.17, 15) is 4.79 Å². The molecule has 0 aromatic carbocycles. The molecular weight excluding hydrogens is 175 g/mol. The number of halogens is 2. The Morgan fingerprint density at radius 3 is 2.80 bits per heavy atom. The van der Waals surface area contributed by atoms with Crippen molar-refractivity contribution in [2.45, 2.75) is 5.38 Å². The monoisotopic (exact) mass is 178 g/mol. The molecule has 0 radical (unpaired) electrons. The third-order valence-electron chi connectivity index (χ3n) is 1.04. The molecule has 4 heteroatoms. The highest BCUT2D eigenvalue weighted by molar-refractivity contribution is 6.68. The maximum absolute atomic E-state index is 10.4. The van der Waals surface area contributed by atoms with E-state index in [0.29, 0.717) is 5.56 Å². The van der Waals surface area contributed by atoms with Crippen molar-refractivity contribution in [3.8, 4) is 0 Å². The lowest BCUT2D eigenvalue weighted by molar-refractivity contribution is -0.111. The van der Waals surface area contributed by atoms with Crippen LogP contribution in [0.25, 0.3) is 0 Å². The Labute approximate surface area is 67.7 Å². The second-order valence-corrected chi connectivity index (χ2v) is 2.53. The van der Waals surface area contributed by atoms with Crippen LogP contribution in [0, 0.1) is 0 Å². The fourth-order valence-electron chi connectivity index (χ4n) is 0.550. The lowest BCUT2D eigenvalue weighted by Crippen LogP contribution is -1.96. The molecular formula is C6H4Cl2O2. The summed E-state index contributed by atoms with van der Waals surface area (Å²) in [7, 11) is 0. The molecule has 0 aliphatic heterocycles. The summed E-state index contributed by atoms with van der Waals surface area (Å²) in [6.07, 6.45) is 2.82. The van der Waals surface area contributed by atoms with Gasteiger partial charge in [0.1, 0.15) is 5.38 Å². The first-order valence-electron chi connectivity index (χ1n) is 2.57. The first-order valence-corrected chi connectivity index (χ1v) is 3.39. The molecule has 2 nitrogen and oxygen atoms in total. The van der Waals surface area contributed by atoms with Gasteiger partial charge in [0.25, 0.3) is 0 Å². The van der Waals surface area contributed by atoms with Gasteiger partial charge in [0.15, 0.2) is 0 Å². The number of furan rings is 1. The lowest BCUT2D eigenvalue weighted by Gasteiger charge is -1.96. The van der Waals surface area contributed by atoms with Gasteiger partial charge in [-0.2, -0.15) is 0 Å². The lowest BCUT2D eigenvalue weighted by atomic mass is 10.2. The highest BCUT2D eigenvalue weighted by atomic mass is 35.5. The highest BCUT2D eigenvalue weighted by Crippen LogP contribution is 2.22. The number of rotatable bonds is 2. The van der Waals surface area contributed by atoms with E-state index in [2.05, 4.69) is 0 Å². The Kier molecular flexibility index (Phi) is 2.35. The summed E-state index contributed by atoms with van der Waals surface area (Å²) in [6, 6.07) is 1.60. The number of carbonyl (C=O) groups is 1. The summed E-state index contributed by atoms with van der Waals surface area (Å²) in [5, 5.41) is -1.39. The summed E-state index contributed by atoms with van der Waals surface area (Å²) in [4.78, 5) is 10.4. The second kappa shape index (κ2) is 3.08. The first-order chi connectivity index (χ1) is 4.72. The second-order valence-electron chi connectivity index (χ2n) is 1.72. The molecule has 1 heterocycles. The van der Waals surface area contributed by atoms with E-state index in [1.165, 1.54) is 12.5 Å². The van der Waals surface area contributed by atoms with Gasteiger partial charge in [-0.25, -0.2) is 0 Å². The van der Waals surface area contributed by atoms with Gasteiger partial charge in [-0.05, 0) is 17.7 Å². The third-order valence-corrected chi connectivity index (χ3v) is 1.82. The number of alkyl halides is 1. The molecule has 1 atom stereocenters. The molecule has 0 bridgehead atoms. The molecule has 0 saturated heterocycles. The van der Waals surface area contributed by atoms with Gasteiger partial charge in [-0.15, -0.1) is 11.6 Å². The minimum atomic E-state index is -0.791. The van der Waals surface area contributed by atoms with E-state index >= 15 is 0 Å². The Morgan fingerprint density at radius 1 is 1.70 bits per heavy atom. The standard InChI is InChI=1S/C6H4Cl2O2/c7-5(6(8)9)4-1-2-10-3-4/h1-3,5H. The maximum Gasteiger partial charge on any atom is 0.244 e. The molecule has 0 spiro atoms. The fourth-order valence-corrected chi connectivity index (χ4v) is 0.800. The summed E-state index contributed by atoms with van der Waals surface area (Å²) in [6.45, 7) is 0. The van der Waals surface area contributed by atoms with Crippen LogP contribution >= 0.6 is 23.2 Å². The predicted octanol–water partition coefficient (Wildman–Crippen LogP) is 2.32. The fraction of sp³-hybridized carbons (Fsp3) is 0.167. The molecule has 0 amide bonds. The van der Waals surface area contributed by atoms with Gasteiger partial charge in [0, 0.05) is 5.56 Å². The molecule has 0 N–H and O–H groups in total. The normalized spacial score (nSPS) is 13.0. The molecule has 0 fully saturated rings. The van der Waals surface area contributed by atoms with E-state index in [4.69, 9.17) is 27.6 Å². The molecule has 0 aliphatic carbocycles.